The van der Waals surface area contributed by atoms with Crippen LogP contribution in [0.25, 0.3) is 0 Å². The zero-order chi connectivity index (χ0) is 8.65. The Balaban J connectivity index is 3.03. The highest BCUT2D eigenvalue weighted by Crippen LogP contribution is 2.34. The Bertz CT molecular complexity index is 230. The normalized spacial score (nSPS) is 29.4. The van der Waals surface area contributed by atoms with Crippen LogP contribution in [0.1, 0.15) is 6.92 Å². The lowest BCUT2D eigenvalue weighted by molar-refractivity contribution is -0.0704. The van der Waals surface area contributed by atoms with Gasteiger partial charge in [-0.15, -0.1) is 0 Å². The molecule has 0 fully saturated rings. The van der Waals surface area contributed by atoms with Gasteiger partial charge in [0.15, 0.2) is 6.10 Å². The van der Waals surface area contributed by atoms with Crippen LogP contribution in [0.4, 0.5) is 13.2 Å². The van der Waals surface area contributed by atoms with Crippen LogP contribution in [-0.4, -0.2) is 17.1 Å². The Kier molecular flexibility index (Phi) is 1.80. The second-order valence-corrected chi connectivity index (χ2v) is 2.43. The van der Waals surface area contributed by atoms with Gasteiger partial charge in [-0.1, -0.05) is 6.08 Å². The van der Waals surface area contributed by atoms with E-state index in [9.17, 15) is 13.2 Å². The summed E-state index contributed by atoms with van der Waals surface area (Å²) in [6.45, 7) is 1.14. The molecule has 4 heteroatoms. The minimum Gasteiger partial charge on any atom is -0.379 e. The number of halogens is 3. The van der Waals surface area contributed by atoms with Gasteiger partial charge >= 0.3 is 5.92 Å². The second kappa shape index (κ2) is 2.37. The number of hydrogen-bond donors (Lipinski definition) is 1. The van der Waals surface area contributed by atoms with Gasteiger partial charge in [-0.05, 0) is 18.6 Å². The molecule has 11 heavy (non-hydrogen) atoms. The van der Waals surface area contributed by atoms with Gasteiger partial charge in [0.25, 0.3) is 0 Å². The van der Waals surface area contributed by atoms with Gasteiger partial charge in [-0.25, -0.2) is 4.39 Å². The van der Waals surface area contributed by atoms with E-state index in [-0.39, 0.29) is 5.57 Å². The number of aliphatic hydroxyl groups excluding tert-OH is 1. The maximum absolute atomic E-state index is 12.6. The van der Waals surface area contributed by atoms with Crippen molar-refractivity contribution in [2.75, 3.05) is 0 Å². The molecule has 1 atom stereocenters. The predicted octanol–water partition coefficient (Wildman–Crippen LogP) is 1.80. The highest BCUT2D eigenvalue weighted by atomic mass is 19.3. The highest BCUT2D eigenvalue weighted by Gasteiger charge is 2.44. The van der Waals surface area contributed by atoms with Crippen LogP contribution in [0, 0.1) is 0 Å². The van der Waals surface area contributed by atoms with Crippen LogP contribution in [0.3, 0.4) is 0 Å². The van der Waals surface area contributed by atoms with E-state index in [4.69, 9.17) is 5.11 Å². The van der Waals surface area contributed by atoms with Gasteiger partial charge < -0.3 is 5.11 Å². The highest BCUT2D eigenvalue weighted by molar-refractivity contribution is 5.30. The Morgan fingerprint density at radius 3 is 2.45 bits per heavy atom. The van der Waals surface area contributed by atoms with E-state index in [1.54, 1.807) is 0 Å². The minimum absolute atomic E-state index is 0.327. The second-order valence-electron chi connectivity index (χ2n) is 2.43. The third kappa shape index (κ3) is 1.18. The monoisotopic (exact) mass is 164 g/mol. The first-order valence-electron chi connectivity index (χ1n) is 3.06. The number of hydrogen-bond acceptors (Lipinski definition) is 1. The Labute approximate surface area is 61.8 Å². The van der Waals surface area contributed by atoms with Crippen molar-refractivity contribution in [3.63, 3.8) is 0 Å². The van der Waals surface area contributed by atoms with Crippen LogP contribution in [0.2, 0.25) is 0 Å². The Morgan fingerprint density at radius 1 is 1.45 bits per heavy atom. The lowest BCUT2D eigenvalue weighted by Gasteiger charge is -2.24. The average molecular weight is 164 g/mol. The molecule has 0 heterocycles. The molecule has 1 unspecified atom stereocenters. The van der Waals surface area contributed by atoms with E-state index in [0.717, 1.165) is 19.1 Å². The van der Waals surface area contributed by atoms with Crippen molar-refractivity contribution in [2.24, 2.45) is 0 Å². The standard InChI is InChI=1S/C7H7F3O/c1-4-2-3-5(8)6(11)7(4,9)10/h2-3,6,11H,1H3. The van der Waals surface area contributed by atoms with Crippen molar-refractivity contribution >= 4 is 0 Å². The number of aliphatic hydroxyl groups is 1. The molecule has 0 aromatic carbocycles. The number of allylic oxidation sites excluding steroid dienone is 2. The van der Waals surface area contributed by atoms with Gasteiger partial charge in [0.2, 0.25) is 0 Å². The molecule has 0 bridgehead atoms. The van der Waals surface area contributed by atoms with Crippen LogP contribution >= 0.6 is 0 Å². The quantitative estimate of drug-likeness (QED) is 0.578. The fourth-order valence-corrected chi connectivity index (χ4v) is 0.796. The summed E-state index contributed by atoms with van der Waals surface area (Å²) in [5, 5.41) is 8.64. The summed E-state index contributed by atoms with van der Waals surface area (Å²) in [6, 6.07) is 0. The third-order valence-electron chi connectivity index (χ3n) is 1.62. The van der Waals surface area contributed by atoms with E-state index in [1.807, 2.05) is 0 Å². The molecule has 0 aliphatic heterocycles. The molecule has 1 rings (SSSR count). The van der Waals surface area contributed by atoms with Gasteiger partial charge in [0, 0.05) is 0 Å². The molecule has 1 aliphatic carbocycles. The largest absolute Gasteiger partial charge is 0.379 e. The zero-order valence-corrected chi connectivity index (χ0v) is 5.81. The number of rotatable bonds is 0. The van der Waals surface area contributed by atoms with Crippen LogP contribution < -0.4 is 0 Å². The van der Waals surface area contributed by atoms with Crippen LogP contribution in [-0.2, 0) is 0 Å². The zero-order valence-electron chi connectivity index (χ0n) is 5.81. The van der Waals surface area contributed by atoms with Gasteiger partial charge in [0.1, 0.15) is 5.83 Å². The first-order chi connectivity index (χ1) is 4.96. The molecule has 1 aliphatic rings. The SMILES string of the molecule is CC1=CC=C(F)C(O)C1(F)F. The molecule has 1 N–H and O–H groups in total. The Morgan fingerprint density at radius 2 is 2.00 bits per heavy atom. The summed E-state index contributed by atoms with van der Waals surface area (Å²) in [7, 11) is 0. The molecular weight excluding hydrogens is 157 g/mol. The van der Waals surface area contributed by atoms with Crippen molar-refractivity contribution in [3.05, 3.63) is 23.6 Å². The molecule has 1 nitrogen and oxygen atoms in total. The third-order valence-corrected chi connectivity index (χ3v) is 1.62. The summed E-state index contributed by atoms with van der Waals surface area (Å²) in [5.74, 6) is -4.65. The molecular formula is C7H7F3O. The van der Waals surface area contributed by atoms with E-state index in [2.05, 4.69) is 0 Å². The maximum atomic E-state index is 12.6. The van der Waals surface area contributed by atoms with Gasteiger partial charge in [-0.3, -0.25) is 0 Å². The molecule has 0 aromatic rings. The molecule has 0 radical (unpaired) electrons. The summed E-state index contributed by atoms with van der Waals surface area (Å²) in [6.07, 6.45) is -0.507. The van der Waals surface area contributed by atoms with Gasteiger partial charge in [0.05, 0.1) is 0 Å². The van der Waals surface area contributed by atoms with Crippen LogP contribution in [0.5, 0.6) is 0 Å². The van der Waals surface area contributed by atoms with Crippen molar-refractivity contribution in [3.8, 4) is 0 Å². The topological polar surface area (TPSA) is 20.2 Å². The van der Waals surface area contributed by atoms with Crippen molar-refractivity contribution in [2.45, 2.75) is 19.0 Å². The van der Waals surface area contributed by atoms with E-state index in [1.165, 1.54) is 0 Å². The van der Waals surface area contributed by atoms with Crippen molar-refractivity contribution < 1.29 is 18.3 Å². The maximum Gasteiger partial charge on any atom is 0.301 e. The molecule has 0 saturated heterocycles. The molecule has 0 spiro atoms. The first kappa shape index (κ1) is 8.33. The van der Waals surface area contributed by atoms with E-state index < -0.39 is 17.9 Å². The summed E-state index contributed by atoms with van der Waals surface area (Å²) in [5.41, 5.74) is -0.327. The van der Waals surface area contributed by atoms with Crippen molar-refractivity contribution in [1.82, 2.24) is 0 Å². The predicted molar refractivity (Wildman–Crippen MR) is 33.9 cm³/mol. The molecule has 0 aromatic heterocycles. The fraction of sp³-hybridized carbons (Fsp3) is 0.429. The van der Waals surface area contributed by atoms with Gasteiger partial charge in [-0.2, -0.15) is 8.78 Å². The van der Waals surface area contributed by atoms with Crippen molar-refractivity contribution in [1.29, 1.82) is 0 Å². The lowest BCUT2D eigenvalue weighted by atomic mass is 9.99. The van der Waals surface area contributed by atoms with E-state index in [0.29, 0.717) is 0 Å². The molecule has 62 valence electrons. The van der Waals surface area contributed by atoms with E-state index >= 15 is 0 Å². The average Bonchev–Trinajstić information content (AvgIpc) is 1.95. The van der Waals surface area contributed by atoms with Crippen LogP contribution in [0.15, 0.2) is 23.6 Å². The lowest BCUT2D eigenvalue weighted by Crippen LogP contribution is -2.36. The number of alkyl halides is 2. The first-order valence-corrected chi connectivity index (χ1v) is 3.06. The fourth-order valence-electron chi connectivity index (χ4n) is 0.796. The summed E-state index contributed by atoms with van der Waals surface area (Å²) >= 11 is 0. The summed E-state index contributed by atoms with van der Waals surface area (Å²) in [4.78, 5) is 0. The minimum atomic E-state index is -3.46. The Hall–Kier alpha value is -0.770. The smallest absolute Gasteiger partial charge is 0.301 e. The summed E-state index contributed by atoms with van der Waals surface area (Å²) < 4.78 is 37.6. The molecule has 0 amide bonds. The molecule has 0 saturated carbocycles.